The van der Waals surface area contributed by atoms with Crippen molar-refractivity contribution in [3.05, 3.63) is 29.6 Å². The highest BCUT2D eigenvalue weighted by molar-refractivity contribution is 7.80. The molecule has 2 nitrogen and oxygen atoms in total. The standard InChI is InChI=1S/C12H17FN2S/c1-8(2)7-15(3)11-5-4-9(13)6-10(11)12(14)16/h4-6,8H,7H2,1-3H3,(H2,14,16). The van der Waals surface area contributed by atoms with E-state index in [9.17, 15) is 4.39 Å². The molecule has 0 amide bonds. The lowest BCUT2D eigenvalue weighted by molar-refractivity contribution is 0.623. The van der Waals surface area contributed by atoms with Crippen LogP contribution in [0.5, 0.6) is 0 Å². The maximum absolute atomic E-state index is 13.1. The van der Waals surface area contributed by atoms with Gasteiger partial charge in [0.2, 0.25) is 0 Å². The van der Waals surface area contributed by atoms with Gasteiger partial charge in [0.1, 0.15) is 10.8 Å². The van der Waals surface area contributed by atoms with Gasteiger partial charge >= 0.3 is 0 Å². The number of nitrogens with zero attached hydrogens (tertiary/aromatic N) is 1. The number of benzene rings is 1. The highest BCUT2D eigenvalue weighted by atomic mass is 32.1. The Morgan fingerprint density at radius 2 is 2.12 bits per heavy atom. The molecule has 0 unspecified atom stereocenters. The summed E-state index contributed by atoms with van der Waals surface area (Å²) in [6.07, 6.45) is 0. The molecule has 4 heteroatoms. The fraction of sp³-hybridized carbons (Fsp3) is 0.417. The topological polar surface area (TPSA) is 29.3 Å². The minimum atomic E-state index is -0.315. The molecular formula is C12H17FN2S. The van der Waals surface area contributed by atoms with Gasteiger partial charge in [0, 0.05) is 24.8 Å². The van der Waals surface area contributed by atoms with Gasteiger partial charge in [-0.1, -0.05) is 26.1 Å². The molecule has 16 heavy (non-hydrogen) atoms. The minimum absolute atomic E-state index is 0.227. The van der Waals surface area contributed by atoms with E-state index >= 15 is 0 Å². The van der Waals surface area contributed by atoms with Crippen molar-refractivity contribution in [1.82, 2.24) is 0 Å². The van der Waals surface area contributed by atoms with Crippen molar-refractivity contribution in [2.45, 2.75) is 13.8 Å². The fourth-order valence-corrected chi connectivity index (χ4v) is 1.85. The van der Waals surface area contributed by atoms with Crippen molar-refractivity contribution in [3.8, 4) is 0 Å². The average molecular weight is 240 g/mol. The van der Waals surface area contributed by atoms with Crippen LogP contribution in [0.25, 0.3) is 0 Å². The summed E-state index contributed by atoms with van der Waals surface area (Å²) >= 11 is 4.93. The molecule has 0 bridgehead atoms. The van der Waals surface area contributed by atoms with Crippen LogP contribution in [-0.4, -0.2) is 18.6 Å². The predicted octanol–water partition coefficient (Wildman–Crippen LogP) is 2.55. The summed E-state index contributed by atoms with van der Waals surface area (Å²) in [6.45, 7) is 5.13. The smallest absolute Gasteiger partial charge is 0.124 e. The van der Waals surface area contributed by atoms with Crippen molar-refractivity contribution in [3.63, 3.8) is 0 Å². The summed E-state index contributed by atoms with van der Waals surface area (Å²) in [6, 6.07) is 4.52. The number of halogens is 1. The molecule has 0 saturated heterocycles. The van der Waals surface area contributed by atoms with E-state index in [0.29, 0.717) is 11.5 Å². The van der Waals surface area contributed by atoms with Crippen molar-refractivity contribution >= 4 is 22.9 Å². The Balaban J connectivity index is 3.07. The molecule has 1 aromatic carbocycles. The molecule has 0 atom stereocenters. The first-order valence-electron chi connectivity index (χ1n) is 5.22. The monoisotopic (exact) mass is 240 g/mol. The molecule has 0 aromatic heterocycles. The molecule has 0 radical (unpaired) electrons. The van der Waals surface area contributed by atoms with Crippen molar-refractivity contribution in [1.29, 1.82) is 0 Å². The molecule has 1 rings (SSSR count). The van der Waals surface area contributed by atoms with Gasteiger partial charge in [0.25, 0.3) is 0 Å². The van der Waals surface area contributed by atoms with Gasteiger partial charge in [-0.3, -0.25) is 0 Å². The Hall–Kier alpha value is -1.16. The Kier molecular flexibility index (Phi) is 4.24. The van der Waals surface area contributed by atoms with E-state index in [4.69, 9.17) is 18.0 Å². The van der Waals surface area contributed by atoms with Crippen LogP contribution >= 0.6 is 12.2 Å². The summed E-state index contributed by atoms with van der Waals surface area (Å²) in [5.74, 6) is 0.207. The zero-order valence-corrected chi connectivity index (χ0v) is 10.6. The SMILES string of the molecule is CC(C)CN(C)c1ccc(F)cc1C(N)=S. The quantitative estimate of drug-likeness (QED) is 0.820. The highest BCUT2D eigenvalue weighted by Crippen LogP contribution is 2.21. The summed E-state index contributed by atoms with van der Waals surface area (Å²) in [5.41, 5.74) is 7.06. The lowest BCUT2D eigenvalue weighted by atomic mass is 10.1. The largest absolute Gasteiger partial charge is 0.389 e. The number of hydrogen-bond acceptors (Lipinski definition) is 2. The molecule has 0 spiro atoms. The van der Waals surface area contributed by atoms with E-state index in [1.807, 2.05) is 11.9 Å². The molecule has 1 aromatic rings. The molecule has 0 aliphatic heterocycles. The van der Waals surface area contributed by atoms with Gasteiger partial charge in [0.15, 0.2) is 0 Å². The Bertz CT molecular complexity index is 391. The zero-order chi connectivity index (χ0) is 12.3. The molecule has 0 aliphatic rings. The second-order valence-corrected chi connectivity index (χ2v) is 4.74. The number of rotatable bonds is 4. The van der Waals surface area contributed by atoms with Crippen LogP contribution in [0, 0.1) is 11.7 Å². The first-order chi connectivity index (χ1) is 7.41. The van der Waals surface area contributed by atoms with Crippen LogP contribution in [0.4, 0.5) is 10.1 Å². The highest BCUT2D eigenvalue weighted by Gasteiger charge is 2.11. The second kappa shape index (κ2) is 5.25. The first kappa shape index (κ1) is 12.9. The Morgan fingerprint density at radius 3 is 2.62 bits per heavy atom. The molecule has 2 N–H and O–H groups in total. The number of hydrogen-bond donors (Lipinski definition) is 1. The Labute approximate surface area is 101 Å². The van der Waals surface area contributed by atoms with Crippen LogP contribution < -0.4 is 10.6 Å². The van der Waals surface area contributed by atoms with Gasteiger partial charge in [-0.05, 0) is 24.1 Å². The molecular weight excluding hydrogens is 223 g/mol. The third-order valence-electron chi connectivity index (χ3n) is 2.27. The zero-order valence-electron chi connectivity index (χ0n) is 9.83. The maximum Gasteiger partial charge on any atom is 0.124 e. The van der Waals surface area contributed by atoms with Crippen LogP contribution in [0.2, 0.25) is 0 Å². The Morgan fingerprint density at radius 1 is 1.50 bits per heavy atom. The van der Waals surface area contributed by atoms with Crippen LogP contribution in [0.1, 0.15) is 19.4 Å². The van der Waals surface area contributed by atoms with Gasteiger partial charge in [-0.2, -0.15) is 0 Å². The van der Waals surface area contributed by atoms with E-state index in [-0.39, 0.29) is 10.8 Å². The summed E-state index contributed by atoms with van der Waals surface area (Å²) in [4.78, 5) is 2.27. The summed E-state index contributed by atoms with van der Waals surface area (Å²) in [7, 11) is 1.95. The predicted molar refractivity (Wildman–Crippen MR) is 70.4 cm³/mol. The fourth-order valence-electron chi connectivity index (χ4n) is 1.68. The lowest BCUT2D eigenvalue weighted by Crippen LogP contribution is -2.25. The molecule has 0 fully saturated rings. The summed E-state index contributed by atoms with van der Waals surface area (Å²) < 4.78 is 13.1. The number of thiocarbonyl (C=S) groups is 1. The molecule has 0 aliphatic carbocycles. The number of anilines is 1. The minimum Gasteiger partial charge on any atom is -0.389 e. The third kappa shape index (κ3) is 3.17. The van der Waals surface area contributed by atoms with E-state index in [0.717, 1.165) is 12.2 Å². The molecule has 88 valence electrons. The van der Waals surface area contributed by atoms with Gasteiger partial charge in [0.05, 0.1) is 0 Å². The van der Waals surface area contributed by atoms with E-state index in [2.05, 4.69) is 13.8 Å². The van der Waals surface area contributed by atoms with Crippen molar-refractivity contribution < 1.29 is 4.39 Å². The average Bonchev–Trinajstić information content (AvgIpc) is 2.16. The molecule has 0 saturated carbocycles. The van der Waals surface area contributed by atoms with Crippen molar-refractivity contribution in [2.75, 3.05) is 18.5 Å². The lowest BCUT2D eigenvalue weighted by Gasteiger charge is -2.24. The van der Waals surface area contributed by atoms with Crippen LogP contribution in [0.15, 0.2) is 18.2 Å². The van der Waals surface area contributed by atoms with Gasteiger partial charge in [-0.25, -0.2) is 4.39 Å². The number of nitrogens with two attached hydrogens (primary N) is 1. The third-order valence-corrected chi connectivity index (χ3v) is 2.49. The maximum atomic E-state index is 13.1. The van der Waals surface area contributed by atoms with E-state index in [1.165, 1.54) is 12.1 Å². The van der Waals surface area contributed by atoms with Crippen LogP contribution in [-0.2, 0) is 0 Å². The normalized spacial score (nSPS) is 10.6. The van der Waals surface area contributed by atoms with Crippen molar-refractivity contribution in [2.24, 2.45) is 11.7 Å². The summed E-state index contributed by atoms with van der Waals surface area (Å²) in [5, 5.41) is 0. The first-order valence-corrected chi connectivity index (χ1v) is 5.63. The van der Waals surface area contributed by atoms with Gasteiger partial charge in [-0.15, -0.1) is 0 Å². The second-order valence-electron chi connectivity index (χ2n) is 4.30. The van der Waals surface area contributed by atoms with Gasteiger partial charge < -0.3 is 10.6 Å². The van der Waals surface area contributed by atoms with E-state index < -0.39 is 0 Å². The molecule has 0 heterocycles. The van der Waals surface area contributed by atoms with E-state index in [1.54, 1.807) is 6.07 Å². The van der Waals surface area contributed by atoms with Crippen LogP contribution in [0.3, 0.4) is 0 Å².